The molecule has 0 aliphatic heterocycles. The Morgan fingerprint density at radius 3 is 1.21 bits per heavy atom. The Kier molecular flexibility index (Phi) is 32.1. The average Bonchev–Trinajstić information content (AvgIpc) is 0.791. The van der Waals surface area contributed by atoms with Gasteiger partial charge in [0.15, 0.2) is 0 Å². The van der Waals surface area contributed by atoms with Gasteiger partial charge in [0.25, 0.3) is 0 Å². The van der Waals surface area contributed by atoms with Crippen LogP contribution in [0.2, 0.25) is 98.2 Å². The van der Waals surface area contributed by atoms with Crippen molar-refractivity contribution >= 4 is 66.3 Å². The van der Waals surface area contributed by atoms with E-state index in [0.29, 0.717) is 34.0 Å². The molecule has 15 heteroatoms. The molecule has 1 saturated carbocycles. The van der Waals surface area contributed by atoms with Crippen molar-refractivity contribution in [1.82, 2.24) is 24.9 Å². The summed E-state index contributed by atoms with van der Waals surface area (Å²) in [5, 5.41) is 6.73. The zero-order valence-electron chi connectivity index (χ0n) is 75.2. The van der Waals surface area contributed by atoms with Crippen LogP contribution in [0.15, 0.2) is 225 Å². The Bertz CT molecular complexity index is 5210. The second kappa shape index (κ2) is 43.0. The van der Waals surface area contributed by atoms with Gasteiger partial charge in [-0.25, -0.2) is 0 Å². The number of nitrogens with zero attached hydrogens (tertiary/aromatic N) is 5. The number of hydrogen-bond donors (Lipinski definition) is 0. The topological polar surface area (TPSA) is 64.5 Å². The summed E-state index contributed by atoms with van der Waals surface area (Å²) in [7, 11) is -7.13. The zero-order valence-corrected chi connectivity index (χ0v) is 83.2. The van der Waals surface area contributed by atoms with E-state index in [-0.39, 0.29) is 155 Å². The summed E-state index contributed by atoms with van der Waals surface area (Å²) in [4.78, 5) is 23.3. The maximum Gasteiger partial charge on any atom is 0.0803 e. The smallest absolute Gasteiger partial charge is 0.0803 e. The number of pyridine rings is 5. The van der Waals surface area contributed by atoms with Gasteiger partial charge in [-0.2, -0.15) is 0 Å². The normalized spacial score (nSPS) is 13.2. The molecule has 5 radical (unpaired) electrons. The van der Waals surface area contributed by atoms with Crippen molar-refractivity contribution in [2.75, 3.05) is 0 Å². The van der Waals surface area contributed by atoms with Crippen LogP contribution < -0.4 is 25.9 Å². The Hall–Kier alpha value is -5.38. The predicted octanol–water partition coefficient (Wildman–Crippen LogP) is 22.4. The number of benzene rings is 7. The van der Waals surface area contributed by atoms with Gasteiger partial charge in [-0.15, -0.1) is 177 Å². The fraction of sp³-hybridized carbons (Fsp3) is 0.280. The van der Waals surface area contributed by atoms with E-state index < -0.39 is 40.4 Å². The maximum absolute atomic E-state index is 7.96. The second-order valence-corrected chi connectivity index (χ2v) is 57.6. The summed E-state index contributed by atoms with van der Waals surface area (Å²) >= 11 is 0. The molecule has 108 heavy (non-hydrogen) atoms. The summed E-state index contributed by atoms with van der Waals surface area (Å²) < 4.78 is 70.5. The fourth-order valence-corrected chi connectivity index (χ4v) is 18.9. The molecule has 1 aliphatic rings. The van der Waals surface area contributed by atoms with Gasteiger partial charge >= 0.3 is 0 Å². The Morgan fingerprint density at radius 1 is 0.343 bits per heavy atom. The van der Waals surface area contributed by atoms with Gasteiger partial charge in [-0.3, -0.25) is 0 Å². The Balaban J connectivity index is 0.000000306. The first kappa shape index (κ1) is 80.7. The summed E-state index contributed by atoms with van der Waals surface area (Å²) in [5.41, 5.74) is 20.1. The molecular weight excluding hydrogens is 2290 g/mol. The molecule has 13 rings (SSSR count). The van der Waals surface area contributed by atoms with E-state index in [1.54, 1.807) is 18.2 Å². The molecular formula is C93H108Ir5N5Si5-5. The van der Waals surface area contributed by atoms with E-state index in [0.717, 1.165) is 50.5 Å². The first-order valence-corrected chi connectivity index (χ1v) is 53.5. The van der Waals surface area contributed by atoms with Crippen LogP contribution in [-0.4, -0.2) is 65.3 Å². The van der Waals surface area contributed by atoms with Crippen LogP contribution in [0.1, 0.15) is 83.7 Å². The van der Waals surface area contributed by atoms with Gasteiger partial charge in [0.05, 0.1) is 40.4 Å². The molecule has 0 N–H and O–H groups in total. The molecule has 1 aliphatic carbocycles. The third-order valence-electron chi connectivity index (χ3n) is 18.3. The molecule has 575 valence electrons. The second-order valence-electron chi connectivity index (χ2n) is 32.3. The number of rotatable bonds is 13. The minimum absolute atomic E-state index is 0. The van der Waals surface area contributed by atoms with Crippen LogP contribution in [0.4, 0.5) is 0 Å². The minimum atomic E-state index is -1.59. The monoisotopic (exact) mass is 2410 g/mol. The van der Waals surface area contributed by atoms with Gasteiger partial charge in [0, 0.05) is 140 Å². The van der Waals surface area contributed by atoms with E-state index in [9.17, 15) is 0 Å². The standard InChI is InChI=1S/C20H20NSi.C20H26NSi.C20H20NSi.C17H22NSi.C16H20NSi.5Ir/c1-22(2,3)20-15-21-19(17-12-8-5-9-13-17)14-18(20)16-10-6-4-7-11-16;2*1-22(2,3)18-14-19(16-10-6-4-7-11-16)20(21-15-18)17-12-8-5-9-13-17;1-12-7-13(2)9-15(8-12)16-10-14(3)17(11-18-16)19(4,5)6;1-12-8-13(2)10-14(9-12)16-7-6-15(11-17-16)18(3,4)5;;;;;/h4-12,14-15H,1-3H3;5,8-9,12,14-16H,4,6-7,10-11H2,1-3H3;4-12,14-15H,1-3H3;7-8,10-11H,1-6H3;6-9,11H,1-5H3;;;;;/q5*-1;;;;;/i3*5D,8D,9D;;;;;;;. The molecule has 12 aromatic rings. The molecule has 0 spiro atoms. The quantitative estimate of drug-likeness (QED) is 0.0850. The van der Waals surface area contributed by atoms with Crippen molar-refractivity contribution < 1.29 is 113 Å². The molecule has 7 aromatic carbocycles. The van der Waals surface area contributed by atoms with Crippen LogP contribution >= 0.6 is 0 Å². The van der Waals surface area contributed by atoms with Crippen LogP contribution in [0.25, 0.3) is 78.5 Å². The molecule has 1 fully saturated rings. The molecule has 5 nitrogen and oxygen atoms in total. The number of aryl methyl sites for hydroxylation is 5. The third-order valence-corrected chi connectivity index (χ3v) is 28.5. The molecule has 0 bridgehead atoms. The predicted molar refractivity (Wildman–Crippen MR) is 458 cm³/mol. The van der Waals surface area contributed by atoms with Gasteiger partial charge in [-0.05, 0) is 106 Å². The Morgan fingerprint density at radius 2 is 0.759 bits per heavy atom. The zero-order chi connectivity index (χ0) is 82.1. The van der Waals surface area contributed by atoms with E-state index in [2.05, 4.69) is 256 Å². The summed E-state index contributed by atoms with van der Waals surface area (Å²) in [6, 6.07) is 61.9. The fourth-order valence-electron chi connectivity index (χ4n) is 12.6. The van der Waals surface area contributed by atoms with Crippen molar-refractivity contribution in [3.8, 4) is 78.5 Å². The molecule has 0 atom stereocenters. The minimum Gasteiger partial charge on any atom is -0.305 e. The SMILES string of the molecule is Cc1[c-]c(-c2cc(C)c([Si](C)(C)C)cn2)cc(C)c1.Cc1[c-]c(-c2ccc([Si](C)(C)C)cn2)cc(C)c1.[2H]c1[c-]c(-c2cc(-c3ccccc3)c([Si](C)(C)C)cn2)cc([2H])c1[2H].[2H]c1[c-]c(-c2ncc([Si](C)(C)C)cc2-c2ccccc2)cc([2H])c1[2H].[2H]c1[c-]c(-c2ncc([Si](C)(C)C)cc2C2CCCCC2)cc([2H])c1[2H].[Ir].[Ir].[Ir].[Ir].[Ir]. The number of hydrogen-bond acceptors (Lipinski definition) is 5. The van der Waals surface area contributed by atoms with Gasteiger partial charge in [0.1, 0.15) is 0 Å². The molecule has 0 saturated heterocycles. The van der Waals surface area contributed by atoms with Crippen LogP contribution in [0.5, 0.6) is 0 Å². The van der Waals surface area contributed by atoms with Crippen LogP contribution in [0.3, 0.4) is 0 Å². The third kappa shape index (κ3) is 27.5. The van der Waals surface area contributed by atoms with Crippen molar-refractivity contribution in [3.05, 3.63) is 289 Å². The van der Waals surface area contributed by atoms with Crippen molar-refractivity contribution in [3.63, 3.8) is 0 Å². The van der Waals surface area contributed by atoms with E-state index in [1.807, 2.05) is 79.4 Å². The van der Waals surface area contributed by atoms with Gasteiger partial charge in [-0.1, -0.05) is 253 Å². The molecule has 0 amide bonds. The molecule has 0 unspecified atom stereocenters. The summed E-state index contributed by atoms with van der Waals surface area (Å²) in [5.74, 6) is 0.500. The molecule has 5 aromatic heterocycles. The first-order valence-electron chi connectivity index (χ1n) is 40.5. The van der Waals surface area contributed by atoms with Crippen LogP contribution in [0, 0.1) is 65.0 Å². The van der Waals surface area contributed by atoms with E-state index >= 15 is 0 Å². The summed E-state index contributed by atoms with van der Waals surface area (Å²) in [6.07, 6.45) is 16.1. The first-order chi connectivity index (χ1) is 52.4. The van der Waals surface area contributed by atoms with Crippen molar-refractivity contribution in [1.29, 1.82) is 0 Å². The maximum atomic E-state index is 7.96. The van der Waals surface area contributed by atoms with E-state index in [1.165, 1.54) is 91.4 Å². The van der Waals surface area contributed by atoms with Gasteiger partial charge < -0.3 is 24.9 Å². The van der Waals surface area contributed by atoms with E-state index in [4.69, 9.17) is 17.3 Å². The molecule has 5 heterocycles. The Labute approximate surface area is 735 Å². The van der Waals surface area contributed by atoms with Crippen molar-refractivity contribution in [2.45, 2.75) is 171 Å². The largest absolute Gasteiger partial charge is 0.305 e. The summed E-state index contributed by atoms with van der Waals surface area (Å²) in [6.45, 7) is 45.4. The van der Waals surface area contributed by atoms with Crippen LogP contribution in [-0.2, 0) is 101 Å². The van der Waals surface area contributed by atoms with Gasteiger partial charge in [0.2, 0.25) is 0 Å². The average molecular weight is 2410 g/mol. The van der Waals surface area contributed by atoms with Crippen molar-refractivity contribution in [2.24, 2.45) is 0 Å². The number of aromatic nitrogens is 5.